The number of H-pyrrole nitrogens is 2. The van der Waals surface area contributed by atoms with Gasteiger partial charge in [-0.3, -0.25) is 48.2 Å². The molecule has 1 unspecified atom stereocenters. The third-order valence-corrected chi connectivity index (χ3v) is 23.2. The third kappa shape index (κ3) is 21.3. The van der Waals surface area contributed by atoms with Gasteiger partial charge in [-0.05, 0) is 98.1 Å². The van der Waals surface area contributed by atoms with E-state index in [1.807, 2.05) is 20.1 Å². The molecule has 37 heteroatoms. The molecule has 2 bridgehead atoms. The zero-order valence-corrected chi connectivity index (χ0v) is 67.8. The molecule has 113 heavy (non-hydrogen) atoms. The molecule has 4 fully saturated rings. The van der Waals surface area contributed by atoms with E-state index < -0.39 is 60.6 Å². The Hall–Kier alpha value is -8.12. The van der Waals surface area contributed by atoms with Crippen LogP contribution in [-0.2, 0) is 77.9 Å². The third-order valence-electron chi connectivity index (χ3n) is 21.1. The van der Waals surface area contributed by atoms with Crippen molar-refractivity contribution >= 4 is 141 Å². The van der Waals surface area contributed by atoms with Gasteiger partial charge in [-0.15, -0.1) is 23.2 Å². The molecule has 3 aliphatic heterocycles. The number of alkyl halides is 2. The monoisotopic (exact) mass is 1650 g/mol. The summed E-state index contributed by atoms with van der Waals surface area (Å²) < 4.78 is 62.1. The van der Waals surface area contributed by atoms with E-state index in [4.69, 9.17) is 71.4 Å². The quantitative estimate of drug-likeness (QED) is 0.00799. The van der Waals surface area contributed by atoms with Crippen molar-refractivity contribution in [3.63, 3.8) is 0 Å². The van der Waals surface area contributed by atoms with Gasteiger partial charge in [-0.1, -0.05) is 26.0 Å². The number of Topliss-reactive ketones (excluding diaryl/α,β-unsaturated/α-hetero) is 1. The van der Waals surface area contributed by atoms with Crippen molar-refractivity contribution in [3.8, 4) is 11.5 Å². The van der Waals surface area contributed by atoms with E-state index in [0.717, 1.165) is 27.6 Å². The van der Waals surface area contributed by atoms with Crippen LogP contribution in [0.25, 0.3) is 21.8 Å². The molecule has 618 valence electrons. The number of aromatic nitrogens is 2. The molecule has 0 spiro atoms. The maximum atomic E-state index is 15.0. The fourth-order valence-electron chi connectivity index (χ4n) is 15.3. The number of phosphoric ester groups is 1. The number of phosphoric acid groups is 1. The number of hydrogen-bond acceptors (Lipinski definition) is 21. The van der Waals surface area contributed by atoms with E-state index in [1.165, 1.54) is 46.6 Å². The molecule has 3 aliphatic carbocycles. The highest BCUT2D eigenvalue weighted by Gasteiger charge is 2.76. The molecule has 0 radical (unpaired) electrons. The Balaban J connectivity index is 0.623. The summed E-state index contributed by atoms with van der Waals surface area (Å²) in [5.41, 5.74) is 9.65. The Bertz CT molecular complexity index is 4310. The van der Waals surface area contributed by atoms with Crippen LogP contribution in [-0.4, -0.2) is 256 Å². The number of primary amides is 1. The predicted octanol–water partition coefficient (Wildman–Crippen LogP) is 7.73. The summed E-state index contributed by atoms with van der Waals surface area (Å²) in [6, 6.07) is 8.02. The number of rotatable bonds is 45. The fraction of sp³-hybridized carbons (Fsp3) is 0.579. The van der Waals surface area contributed by atoms with Crippen LogP contribution in [0.5, 0.6) is 11.5 Å². The van der Waals surface area contributed by atoms with Crippen molar-refractivity contribution in [2.45, 2.75) is 109 Å². The number of nitrogens with one attached hydrogen (secondary N) is 5. The first-order valence-electron chi connectivity index (χ1n) is 37.7. The minimum atomic E-state index is -5.00. The number of ether oxygens (including phenoxy) is 8. The molecule has 3 aromatic carbocycles. The standard InChI is InChI=1S/C76H102Cl2N11O22PS/c1-45(2)65(84-59(91)14-19-103-21-23-105-25-27-107-29-30-108-28-26-106-24-22-104-20-18-87-60(92)34-58(113-7)69(87)94)55(90)31-49(9-8-15-80-72(79)97)68(93)83-52-12-10-48(11-13-52)41-109-73(98)85(5)16-17-86(6)74(99)110-56-32-53-63(61-46(3)37-81-66(56)61)50(35-77)39-88(53)70(95)75-42-76(43-75,44-75)71(96)89-40-51(36-78)64-54(89)33-57(111-112(100,101)102)67-62(64)47(4)38-82-67/h10-13,32-33,37-38,45,49-51,58,65,81-82H,8-9,14-31,34-36,39-44H2,1-7H3,(H,83,93)(H,84,91)(H3,79,80,97)(H2,100,101,102)/t49-,50-,51-,58?,65+,75?,76?/m1/s1. The Morgan fingerprint density at radius 2 is 1.21 bits per heavy atom. The summed E-state index contributed by atoms with van der Waals surface area (Å²) in [5.74, 6) is -3.31. The lowest BCUT2D eigenvalue weighted by Gasteiger charge is -2.69. The van der Waals surface area contributed by atoms with Crippen LogP contribution in [0.15, 0.2) is 48.8 Å². The number of aromatic amines is 2. The van der Waals surface area contributed by atoms with Crippen molar-refractivity contribution in [2.75, 3.05) is 166 Å². The maximum Gasteiger partial charge on any atom is 0.524 e. The van der Waals surface area contributed by atoms with Gasteiger partial charge in [0.05, 0.1) is 130 Å². The second-order valence-corrected chi connectivity index (χ2v) is 32.4. The number of urea groups is 1. The number of benzene rings is 3. The van der Waals surface area contributed by atoms with Crippen LogP contribution in [0.1, 0.15) is 105 Å². The predicted molar refractivity (Wildman–Crippen MR) is 421 cm³/mol. The second kappa shape index (κ2) is 39.5. The van der Waals surface area contributed by atoms with Crippen molar-refractivity contribution in [3.05, 3.63) is 76.6 Å². The van der Waals surface area contributed by atoms with E-state index in [0.29, 0.717) is 98.3 Å². The lowest BCUT2D eigenvalue weighted by molar-refractivity contribution is -0.205. The van der Waals surface area contributed by atoms with Crippen LogP contribution >= 0.6 is 42.8 Å². The zero-order chi connectivity index (χ0) is 81.5. The number of nitrogens with two attached hydrogens (primary N) is 1. The smallest absolute Gasteiger partial charge is 0.445 e. The average molecular weight is 1660 g/mol. The van der Waals surface area contributed by atoms with Gasteiger partial charge in [0.2, 0.25) is 35.4 Å². The normalized spacial score (nSPS) is 19.4. The summed E-state index contributed by atoms with van der Waals surface area (Å²) >= 11 is 14.6. The number of carbonyl (C=O) groups is 10. The number of anilines is 3. The number of ketones is 1. The minimum absolute atomic E-state index is 0.0254. The molecule has 3 saturated carbocycles. The Morgan fingerprint density at radius 3 is 1.70 bits per heavy atom. The van der Waals surface area contributed by atoms with Gasteiger partial charge >= 0.3 is 26.0 Å². The van der Waals surface area contributed by atoms with E-state index in [-0.39, 0.29) is 193 Å². The van der Waals surface area contributed by atoms with Crippen LogP contribution in [0, 0.1) is 36.5 Å². The van der Waals surface area contributed by atoms with E-state index >= 15 is 0 Å². The van der Waals surface area contributed by atoms with Gasteiger partial charge in [0.1, 0.15) is 6.61 Å². The van der Waals surface area contributed by atoms with Gasteiger partial charge in [-0.2, -0.15) is 11.8 Å². The molecular formula is C76H102Cl2N11O22PS. The zero-order valence-electron chi connectivity index (χ0n) is 64.6. The van der Waals surface area contributed by atoms with Gasteiger partial charge < -0.3 is 93.7 Å². The highest BCUT2D eigenvalue weighted by Crippen LogP contribution is 2.75. The maximum absolute atomic E-state index is 15.0. The number of likely N-dealkylation sites (N-methyl/N-ethyl adjacent to an activating group) is 2. The SMILES string of the molecule is CSC1CC(=O)N(CCOCCOCCOCCOCCOCCOCCC(=O)N[C@H](C(=O)C[C@@H](CCCNC(N)=O)C(=O)Nc2ccc(COC(=O)N(C)CCN(C)C(=O)Oc3cc4c(c5c(C)c[nH]c35)[C@H](CCl)CN4C(=O)C34CC(C(=O)N5C[C@@H](CCl)c6c5cc(OP(=O)(O)O)c5[nH]cc(C)c65)(C3)C4)cc2)C(C)C)C1=O. The molecule has 10 amide bonds. The van der Waals surface area contributed by atoms with Crippen molar-refractivity contribution in [1.82, 2.24) is 35.3 Å². The highest BCUT2D eigenvalue weighted by molar-refractivity contribution is 8.00. The first-order chi connectivity index (χ1) is 54.0. The topological polar surface area (TPSA) is 421 Å². The number of nitrogens with zero attached hydrogens (tertiary/aromatic N) is 5. The van der Waals surface area contributed by atoms with Crippen LogP contribution in [0.2, 0.25) is 0 Å². The number of aryl methyl sites for hydroxylation is 2. The first-order valence-corrected chi connectivity index (χ1v) is 41.6. The van der Waals surface area contributed by atoms with Crippen LogP contribution in [0.4, 0.5) is 31.4 Å². The number of hydrogen-bond donors (Lipinski definition) is 8. The Kier molecular flexibility index (Phi) is 30.5. The van der Waals surface area contributed by atoms with Gasteiger partial charge in [-0.25, -0.2) is 18.9 Å². The van der Waals surface area contributed by atoms with Gasteiger partial charge in [0, 0.05) is 137 Å². The molecule has 11 rings (SSSR count). The molecule has 9 N–H and O–H groups in total. The van der Waals surface area contributed by atoms with Gasteiger partial charge in [0.25, 0.3) is 0 Å². The summed E-state index contributed by atoms with van der Waals surface area (Å²) in [5, 5.41) is 9.29. The van der Waals surface area contributed by atoms with Crippen LogP contribution < -0.4 is 40.7 Å². The largest absolute Gasteiger partial charge is 0.524 e. The lowest BCUT2D eigenvalue weighted by atomic mass is 9.34. The number of thioether (sulfide) groups is 1. The van der Waals surface area contributed by atoms with E-state index in [2.05, 4.69) is 25.9 Å². The average Bonchev–Trinajstić information content (AvgIpc) is 1.57. The molecule has 1 saturated heterocycles. The molecule has 2 aromatic heterocycles. The highest BCUT2D eigenvalue weighted by atomic mass is 35.5. The molecular weight excluding hydrogens is 1550 g/mol. The summed E-state index contributed by atoms with van der Waals surface area (Å²) in [6.45, 7) is 11.7. The Labute approximate surface area is 668 Å². The number of carbonyl (C=O) groups excluding carboxylic acids is 10. The summed E-state index contributed by atoms with van der Waals surface area (Å²) in [7, 11) is -1.97. The van der Waals surface area contributed by atoms with E-state index in [9.17, 15) is 62.3 Å². The van der Waals surface area contributed by atoms with Crippen molar-refractivity contribution in [2.24, 2.45) is 28.4 Å². The molecule has 33 nitrogen and oxygen atoms in total. The molecule has 6 aliphatic rings. The van der Waals surface area contributed by atoms with Crippen molar-refractivity contribution in [1.29, 1.82) is 0 Å². The molecule has 5 heterocycles. The number of amides is 10. The van der Waals surface area contributed by atoms with Crippen molar-refractivity contribution < 1.29 is 105 Å². The number of halogens is 2. The van der Waals surface area contributed by atoms with Crippen LogP contribution in [0.3, 0.4) is 0 Å². The van der Waals surface area contributed by atoms with Gasteiger partial charge in [0.15, 0.2) is 17.3 Å². The minimum Gasteiger partial charge on any atom is -0.445 e. The number of fused-ring (bicyclic) bond motifs is 6. The summed E-state index contributed by atoms with van der Waals surface area (Å²) in [6.07, 6.45) is 5.18. The first kappa shape index (κ1) is 87.3. The summed E-state index contributed by atoms with van der Waals surface area (Å²) in [4.78, 5) is 167. The molecule has 5 atom stereocenters. The second-order valence-electron chi connectivity index (χ2n) is 29.5. The van der Waals surface area contributed by atoms with E-state index in [1.54, 1.807) is 66.4 Å². The number of imide groups is 1. The Morgan fingerprint density at radius 1 is 0.717 bits per heavy atom. The molecule has 5 aromatic rings. The number of likely N-dealkylation sites (tertiary alicyclic amines) is 1. The lowest BCUT2D eigenvalue weighted by Crippen LogP contribution is -2.73. The fourth-order valence-corrected chi connectivity index (χ4v) is 16.9.